The first-order valence-corrected chi connectivity index (χ1v) is 14.2. The lowest BCUT2D eigenvalue weighted by Gasteiger charge is -2.10. The quantitative estimate of drug-likeness (QED) is 0.214. The van der Waals surface area contributed by atoms with E-state index in [0.29, 0.717) is 0 Å². The molecule has 0 N–H and O–H groups in total. The van der Waals surface area contributed by atoms with Crippen molar-refractivity contribution in [1.29, 1.82) is 0 Å². The summed E-state index contributed by atoms with van der Waals surface area (Å²) in [5, 5.41) is 7.31. The molecule has 0 atom stereocenters. The molecule has 0 aliphatic heterocycles. The van der Waals surface area contributed by atoms with Gasteiger partial charge in [0, 0.05) is 46.2 Å². The molecular formula is C38H25N5. The molecule has 5 nitrogen and oxygen atoms in total. The summed E-state index contributed by atoms with van der Waals surface area (Å²) in [6, 6.07) is 45.6. The van der Waals surface area contributed by atoms with Gasteiger partial charge in [0.2, 0.25) is 0 Å². The van der Waals surface area contributed by atoms with E-state index in [-0.39, 0.29) is 0 Å². The summed E-state index contributed by atoms with van der Waals surface area (Å²) in [5.74, 6) is 0. The molecule has 0 saturated heterocycles. The lowest BCUT2D eigenvalue weighted by molar-refractivity contribution is 0.974. The van der Waals surface area contributed by atoms with Crippen molar-refractivity contribution in [2.45, 2.75) is 0 Å². The van der Waals surface area contributed by atoms with Crippen molar-refractivity contribution in [3.63, 3.8) is 0 Å². The number of fused-ring (bicyclic) bond motifs is 2. The van der Waals surface area contributed by atoms with Crippen LogP contribution in [0.4, 0.5) is 0 Å². The molecule has 0 radical (unpaired) electrons. The zero-order valence-electron chi connectivity index (χ0n) is 23.2. The maximum absolute atomic E-state index is 5.09. The number of aromatic nitrogens is 5. The summed E-state index contributed by atoms with van der Waals surface area (Å²) in [4.78, 5) is 14.4. The molecule has 0 amide bonds. The van der Waals surface area contributed by atoms with Crippen LogP contribution in [0.25, 0.3) is 72.6 Å². The highest BCUT2D eigenvalue weighted by Crippen LogP contribution is 2.32. The molecule has 0 unspecified atom stereocenters. The Morgan fingerprint density at radius 2 is 1.14 bits per heavy atom. The second-order valence-electron chi connectivity index (χ2n) is 10.5. The van der Waals surface area contributed by atoms with Crippen LogP contribution in [0.15, 0.2) is 152 Å². The minimum atomic E-state index is 0.795. The van der Waals surface area contributed by atoms with Crippen molar-refractivity contribution >= 4 is 16.3 Å². The van der Waals surface area contributed by atoms with Crippen LogP contribution >= 0.6 is 0 Å². The number of hydrogen-bond donors (Lipinski definition) is 0. The molecule has 43 heavy (non-hydrogen) atoms. The summed E-state index contributed by atoms with van der Waals surface area (Å²) >= 11 is 0. The van der Waals surface area contributed by atoms with E-state index in [2.05, 4.69) is 102 Å². The van der Waals surface area contributed by atoms with Gasteiger partial charge in [-0.3, -0.25) is 9.97 Å². The fourth-order valence-electron chi connectivity index (χ4n) is 5.46. The molecule has 8 aromatic rings. The lowest BCUT2D eigenvalue weighted by Crippen LogP contribution is -1.94. The Bertz CT molecular complexity index is 2050. The highest BCUT2D eigenvalue weighted by atomic mass is 15.2. The Morgan fingerprint density at radius 3 is 1.91 bits per heavy atom. The van der Waals surface area contributed by atoms with Crippen LogP contribution in [-0.4, -0.2) is 24.6 Å². The van der Waals surface area contributed by atoms with Gasteiger partial charge in [-0.1, -0.05) is 91.0 Å². The fourth-order valence-corrected chi connectivity index (χ4v) is 5.46. The Hall–Kier alpha value is -5.94. The minimum Gasteiger partial charge on any atom is -0.256 e. The lowest BCUT2D eigenvalue weighted by atomic mass is 10.0. The molecule has 0 spiro atoms. The van der Waals surface area contributed by atoms with Crippen LogP contribution in [0.3, 0.4) is 0 Å². The van der Waals surface area contributed by atoms with Gasteiger partial charge in [-0.15, -0.1) is 0 Å². The number of hydrogen-bond acceptors (Lipinski definition) is 4. The number of benzene rings is 3. The van der Waals surface area contributed by atoms with Gasteiger partial charge in [0.25, 0.3) is 0 Å². The van der Waals surface area contributed by atoms with E-state index in [1.54, 1.807) is 0 Å². The normalized spacial score (nSPS) is 11.3. The van der Waals surface area contributed by atoms with Gasteiger partial charge in [0.1, 0.15) is 0 Å². The standard InChI is InChI=1S/C38H25N5/c1-2-8-26(9-3-1)30-17-18-35(40-24-30)38-22-32(37-23-33-20-29-10-4-5-11-31(29)25-43(33)42-37)21-36(41-38)28-15-13-27(14-16-28)34-12-6-7-19-39-34/h1-25H. The molecule has 0 fully saturated rings. The maximum Gasteiger partial charge on any atom is 0.0935 e. The summed E-state index contributed by atoms with van der Waals surface area (Å²) < 4.78 is 1.95. The van der Waals surface area contributed by atoms with Crippen molar-refractivity contribution in [2.24, 2.45) is 0 Å². The molecular weight excluding hydrogens is 526 g/mol. The van der Waals surface area contributed by atoms with Crippen molar-refractivity contribution in [3.8, 4) is 56.3 Å². The third-order valence-corrected chi connectivity index (χ3v) is 7.72. The van der Waals surface area contributed by atoms with Gasteiger partial charge in [0.05, 0.1) is 34.0 Å². The highest BCUT2D eigenvalue weighted by Gasteiger charge is 2.13. The average molecular weight is 552 g/mol. The predicted molar refractivity (Wildman–Crippen MR) is 173 cm³/mol. The monoisotopic (exact) mass is 551 g/mol. The van der Waals surface area contributed by atoms with Gasteiger partial charge < -0.3 is 0 Å². The van der Waals surface area contributed by atoms with Crippen molar-refractivity contribution in [1.82, 2.24) is 24.6 Å². The molecule has 0 aliphatic carbocycles. The summed E-state index contributed by atoms with van der Waals surface area (Å²) in [6.45, 7) is 0. The van der Waals surface area contributed by atoms with Crippen LogP contribution in [0, 0.1) is 0 Å². The topological polar surface area (TPSA) is 56.0 Å². The molecule has 0 saturated carbocycles. The molecule has 0 aliphatic rings. The molecule has 202 valence electrons. The zero-order valence-corrected chi connectivity index (χ0v) is 23.2. The molecule has 5 heterocycles. The first-order valence-electron chi connectivity index (χ1n) is 14.2. The van der Waals surface area contributed by atoms with E-state index in [4.69, 9.17) is 15.1 Å². The Morgan fingerprint density at radius 1 is 0.419 bits per heavy atom. The molecule has 5 heteroatoms. The second-order valence-corrected chi connectivity index (χ2v) is 10.5. The number of rotatable bonds is 5. The zero-order chi connectivity index (χ0) is 28.6. The maximum atomic E-state index is 5.09. The Labute approximate surface area is 248 Å². The second kappa shape index (κ2) is 10.5. The van der Waals surface area contributed by atoms with E-state index in [0.717, 1.165) is 67.2 Å². The van der Waals surface area contributed by atoms with Gasteiger partial charge in [-0.2, -0.15) is 5.10 Å². The van der Waals surface area contributed by atoms with E-state index in [1.165, 1.54) is 5.39 Å². The van der Waals surface area contributed by atoms with Crippen molar-refractivity contribution in [3.05, 3.63) is 152 Å². The smallest absolute Gasteiger partial charge is 0.0935 e. The predicted octanol–water partition coefficient (Wildman–Crippen LogP) is 9.01. The van der Waals surface area contributed by atoms with E-state index in [9.17, 15) is 0 Å². The van der Waals surface area contributed by atoms with Crippen molar-refractivity contribution < 1.29 is 0 Å². The van der Waals surface area contributed by atoms with E-state index in [1.807, 2.05) is 59.4 Å². The van der Waals surface area contributed by atoms with Crippen LogP contribution in [-0.2, 0) is 0 Å². The summed E-state index contributed by atoms with van der Waals surface area (Å²) in [7, 11) is 0. The van der Waals surface area contributed by atoms with Gasteiger partial charge in [-0.05, 0) is 53.4 Å². The highest BCUT2D eigenvalue weighted by molar-refractivity contribution is 5.87. The fraction of sp³-hybridized carbons (Fsp3) is 0. The van der Waals surface area contributed by atoms with E-state index >= 15 is 0 Å². The molecule has 8 rings (SSSR count). The summed E-state index contributed by atoms with van der Waals surface area (Å²) in [5.41, 5.74) is 10.6. The first kappa shape index (κ1) is 24.8. The van der Waals surface area contributed by atoms with Gasteiger partial charge in [0.15, 0.2) is 0 Å². The average Bonchev–Trinajstić information content (AvgIpc) is 3.51. The molecule has 3 aromatic carbocycles. The van der Waals surface area contributed by atoms with Crippen LogP contribution in [0.5, 0.6) is 0 Å². The van der Waals surface area contributed by atoms with Crippen LogP contribution in [0.2, 0.25) is 0 Å². The minimum absolute atomic E-state index is 0.795. The number of nitrogens with zero attached hydrogens (tertiary/aromatic N) is 5. The summed E-state index contributed by atoms with van der Waals surface area (Å²) in [6.07, 6.45) is 5.81. The third-order valence-electron chi connectivity index (χ3n) is 7.72. The Kier molecular flexibility index (Phi) is 6.05. The Balaban J connectivity index is 1.24. The van der Waals surface area contributed by atoms with Gasteiger partial charge >= 0.3 is 0 Å². The van der Waals surface area contributed by atoms with Crippen molar-refractivity contribution in [2.75, 3.05) is 0 Å². The first-order chi connectivity index (χ1) is 21.3. The molecule has 0 bridgehead atoms. The SMILES string of the molecule is c1ccc(-c2ccc(-c3cc(-c4cc5cc6ccccc6cn5n4)cc(-c4ccc(-c5ccccn5)cc4)n3)nc2)cc1. The van der Waals surface area contributed by atoms with Gasteiger partial charge in [-0.25, -0.2) is 9.50 Å². The largest absolute Gasteiger partial charge is 0.256 e. The third kappa shape index (κ3) is 4.83. The van der Waals surface area contributed by atoms with Crippen LogP contribution in [0.1, 0.15) is 0 Å². The van der Waals surface area contributed by atoms with Crippen LogP contribution < -0.4 is 0 Å². The number of pyridine rings is 4. The van der Waals surface area contributed by atoms with E-state index < -0.39 is 0 Å². The molecule has 5 aromatic heterocycles.